The number of allylic oxidation sites excluding steroid dienone is 1. The molecule has 0 amide bonds. The van der Waals surface area contributed by atoms with Crippen molar-refractivity contribution in [1.82, 2.24) is 0 Å². The van der Waals surface area contributed by atoms with Gasteiger partial charge >= 0.3 is 127 Å². The Labute approximate surface area is 151 Å². The summed E-state index contributed by atoms with van der Waals surface area (Å²) in [4.78, 5) is 0. The van der Waals surface area contributed by atoms with E-state index in [1.807, 2.05) is 0 Å². The van der Waals surface area contributed by atoms with Gasteiger partial charge in [0.15, 0.2) is 0 Å². The molecule has 0 nitrogen and oxygen atoms in total. The van der Waals surface area contributed by atoms with Crippen molar-refractivity contribution in [3.05, 3.63) is 71.3 Å². The molecule has 1 aliphatic rings. The van der Waals surface area contributed by atoms with Gasteiger partial charge in [0.1, 0.15) is 0 Å². The molecule has 0 bridgehead atoms. The van der Waals surface area contributed by atoms with E-state index in [0.29, 0.717) is 0 Å². The van der Waals surface area contributed by atoms with Crippen LogP contribution in [0.3, 0.4) is 0 Å². The maximum Gasteiger partial charge on any atom is -1.00 e. The molecule has 21 heavy (non-hydrogen) atoms. The summed E-state index contributed by atoms with van der Waals surface area (Å²) >= 11 is -0.424. The molecule has 0 saturated heterocycles. The second-order valence-electron chi connectivity index (χ2n) is 5.09. The minimum absolute atomic E-state index is 0. The van der Waals surface area contributed by atoms with Crippen molar-refractivity contribution in [3.8, 4) is 0 Å². The molecule has 0 radical (unpaired) electrons. The van der Waals surface area contributed by atoms with Gasteiger partial charge in [0.2, 0.25) is 0 Å². The van der Waals surface area contributed by atoms with Crippen LogP contribution in [0.1, 0.15) is 21.7 Å². The summed E-state index contributed by atoms with van der Waals surface area (Å²) in [5.74, 6) is 0. The summed E-state index contributed by atoms with van der Waals surface area (Å²) in [5.41, 5.74) is 4.38. The predicted molar refractivity (Wildman–Crippen MR) is 80.5 cm³/mol. The quantitative estimate of drug-likeness (QED) is 0.491. The smallest absolute Gasteiger partial charge is 1.00 e. The van der Waals surface area contributed by atoms with E-state index in [1.54, 1.807) is 16.3 Å². The molecule has 0 heterocycles. The van der Waals surface area contributed by atoms with E-state index in [-0.39, 0.29) is 30.2 Å². The molecule has 0 fully saturated rings. The minimum Gasteiger partial charge on any atom is -1.00 e. The Morgan fingerprint density at radius 2 is 1.52 bits per heavy atom. The monoisotopic (exact) mass is 409 g/mol. The standard InChI is InChI=1S/C10H9.C7H8Si.2ClH.Zr/c1-8-6-9-4-2-3-5-10(9)7-8;1-8-7-5-3-2-4-6-7;;;/h2-7H,1H3;2-6H,1H3;2*1H;/q;;;;+2/p-2. The van der Waals surface area contributed by atoms with Crippen molar-refractivity contribution >= 4 is 16.7 Å². The Kier molecular flexibility index (Phi) is 7.64. The second-order valence-corrected chi connectivity index (χ2v) is 16.3. The average molecular weight is 412 g/mol. The fourth-order valence-corrected chi connectivity index (χ4v) is 13.7. The maximum absolute atomic E-state index is 2.51. The number of rotatable bonds is 2. The van der Waals surface area contributed by atoms with Gasteiger partial charge in [-0.2, -0.15) is 0 Å². The van der Waals surface area contributed by atoms with Gasteiger partial charge in [-0.15, -0.1) is 0 Å². The second kappa shape index (κ2) is 8.48. The van der Waals surface area contributed by atoms with E-state index in [1.165, 1.54) is 5.56 Å². The Bertz CT molecular complexity index is 666. The van der Waals surface area contributed by atoms with E-state index in [0.717, 1.165) is 3.63 Å². The molecular formula is C17H17Cl2SiZr. The molecule has 1 aliphatic carbocycles. The third kappa shape index (κ3) is 4.20. The molecule has 0 aliphatic heterocycles. The zero-order valence-corrected chi connectivity index (χ0v) is 17.1. The molecule has 0 aromatic heterocycles. The van der Waals surface area contributed by atoms with Crippen molar-refractivity contribution in [3.63, 3.8) is 0 Å². The fraction of sp³-hybridized carbons (Fsp3) is 0.176. The van der Waals surface area contributed by atoms with Gasteiger partial charge in [0, 0.05) is 0 Å². The fourth-order valence-electron chi connectivity index (χ4n) is 2.66. The zero-order chi connectivity index (χ0) is 13.2. The molecule has 2 aromatic rings. The van der Waals surface area contributed by atoms with Gasteiger partial charge in [-0.1, -0.05) is 0 Å². The Morgan fingerprint density at radius 1 is 0.905 bits per heavy atom. The summed E-state index contributed by atoms with van der Waals surface area (Å²) in [6, 6.07) is 20.1. The minimum atomic E-state index is -0.424. The van der Waals surface area contributed by atoms with Gasteiger partial charge in [-0.05, 0) is 0 Å². The summed E-state index contributed by atoms with van der Waals surface area (Å²) in [6.45, 7) is 4.84. The van der Waals surface area contributed by atoms with Crippen LogP contribution in [0, 0.1) is 0 Å². The average Bonchev–Trinajstić information content (AvgIpc) is 2.76. The summed E-state index contributed by atoms with van der Waals surface area (Å²) in [5, 5.41) is 1.62. The Hall–Kier alpha value is -0.140. The molecule has 1 unspecified atom stereocenters. The van der Waals surface area contributed by atoms with E-state index in [9.17, 15) is 0 Å². The first-order valence-corrected chi connectivity index (χ1v) is 13.8. The van der Waals surface area contributed by atoms with Crippen molar-refractivity contribution in [2.75, 3.05) is 0 Å². The van der Waals surface area contributed by atoms with Crippen molar-refractivity contribution in [2.45, 2.75) is 17.1 Å². The van der Waals surface area contributed by atoms with Crippen LogP contribution in [0.15, 0.2) is 60.2 Å². The van der Waals surface area contributed by atoms with E-state index in [2.05, 4.69) is 74.1 Å². The topological polar surface area (TPSA) is 0 Å². The van der Waals surface area contributed by atoms with Gasteiger partial charge in [0.25, 0.3) is 0 Å². The van der Waals surface area contributed by atoms with Crippen LogP contribution < -0.4 is 30.0 Å². The molecule has 0 spiro atoms. The molecule has 0 saturated carbocycles. The zero-order valence-electron chi connectivity index (χ0n) is 12.1. The van der Waals surface area contributed by atoms with Gasteiger partial charge in [-0.3, -0.25) is 0 Å². The van der Waals surface area contributed by atoms with E-state index in [4.69, 9.17) is 0 Å². The first kappa shape index (κ1) is 18.9. The third-order valence-electron chi connectivity index (χ3n) is 3.71. The Morgan fingerprint density at radius 3 is 2.24 bits per heavy atom. The predicted octanol–water partition coefficient (Wildman–Crippen LogP) is -2.24. The summed E-state index contributed by atoms with van der Waals surface area (Å²) < 4.78 is 0.805. The van der Waals surface area contributed by atoms with Crippen LogP contribution in [0.4, 0.5) is 0 Å². The maximum atomic E-state index is 2.51. The largest absolute Gasteiger partial charge is 1.00 e. The molecule has 2 aromatic carbocycles. The van der Waals surface area contributed by atoms with Crippen LogP contribution >= 0.6 is 0 Å². The van der Waals surface area contributed by atoms with Crippen molar-refractivity contribution in [2.24, 2.45) is 0 Å². The molecule has 1 atom stereocenters. The van der Waals surface area contributed by atoms with Gasteiger partial charge < -0.3 is 24.8 Å². The van der Waals surface area contributed by atoms with Crippen LogP contribution in [0.5, 0.6) is 0 Å². The van der Waals surface area contributed by atoms with Crippen molar-refractivity contribution in [1.29, 1.82) is 0 Å². The molecule has 4 heteroatoms. The summed E-state index contributed by atoms with van der Waals surface area (Å²) in [6.07, 6.45) is 2.40. The van der Waals surface area contributed by atoms with Crippen LogP contribution in [0.2, 0.25) is 6.55 Å². The van der Waals surface area contributed by atoms with Crippen LogP contribution in [-0.2, 0) is 21.9 Å². The first-order chi connectivity index (χ1) is 9.25. The normalized spacial score (nSPS) is 16.0. The van der Waals surface area contributed by atoms with Gasteiger partial charge in [-0.25, -0.2) is 0 Å². The molecular weight excluding hydrogens is 394 g/mol. The van der Waals surface area contributed by atoms with Crippen LogP contribution in [-0.4, -0.2) is 5.43 Å². The number of benzene rings is 2. The van der Waals surface area contributed by atoms with Crippen LogP contribution in [0.25, 0.3) is 6.08 Å². The van der Waals surface area contributed by atoms with E-state index < -0.39 is 21.9 Å². The summed E-state index contributed by atoms with van der Waals surface area (Å²) in [7, 11) is 0. The van der Waals surface area contributed by atoms with E-state index >= 15 is 0 Å². The molecule has 3 rings (SSSR count). The SMILES string of the molecule is CC1=Cc2ccccc2[CH]1/[Zr+2]=[Si](\C)c1ccccc1.[Cl-].[Cl-]. The number of halogens is 2. The first-order valence-electron chi connectivity index (χ1n) is 6.68. The Balaban J connectivity index is 0.00000110. The number of hydrogen-bond acceptors (Lipinski definition) is 0. The van der Waals surface area contributed by atoms with Gasteiger partial charge in [0.05, 0.1) is 0 Å². The number of hydrogen-bond donors (Lipinski definition) is 0. The van der Waals surface area contributed by atoms with Crippen molar-refractivity contribution < 1.29 is 46.7 Å². The number of fused-ring (bicyclic) bond motifs is 1. The molecule has 0 N–H and O–H groups in total. The molecule has 107 valence electrons. The third-order valence-corrected chi connectivity index (χ3v) is 15.0.